The van der Waals surface area contributed by atoms with E-state index in [1.807, 2.05) is 0 Å². The van der Waals surface area contributed by atoms with Crippen LogP contribution in [0.15, 0.2) is 0 Å². The molecule has 0 amide bonds. The number of nitrogens with one attached hydrogen (secondary N) is 1. The van der Waals surface area contributed by atoms with E-state index in [9.17, 15) is 0 Å². The van der Waals surface area contributed by atoms with Gasteiger partial charge in [-0.3, -0.25) is 5.41 Å². The van der Waals surface area contributed by atoms with Crippen molar-refractivity contribution in [1.82, 2.24) is 4.90 Å². The zero-order valence-electron chi connectivity index (χ0n) is 9.97. The van der Waals surface area contributed by atoms with Crippen LogP contribution in [0, 0.1) is 11.3 Å². The fourth-order valence-corrected chi connectivity index (χ4v) is 2.34. The summed E-state index contributed by atoms with van der Waals surface area (Å²) in [4.78, 5) is 2.58. The molecule has 1 aliphatic heterocycles. The van der Waals surface area contributed by atoms with E-state index in [0.717, 1.165) is 18.8 Å². The van der Waals surface area contributed by atoms with Gasteiger partial charge < -0.3 is 10.6 Å². The molecule has 1 unspecified atom stereocenters. The van der Waals surface area contributed by atoms with Crippen molar-refractivity contribution < 1.29 is 0 Å². The minimum atomic E-state index is 0.333. The maximum atomic E-state index is 7.14. The first-order valence-electron chi connectivity index (χ1n) is 6.27. The van der Waals surface area contributed by atoms with Gasteiger partial charge in [0.25, 0.3) is 0 Å². The maximum absolute atomic E-state index is 7.14. The SMILES string of the molecule is CCC1CCCN(CCCCC(=N)N)C1. The van der Waals surface area contributed by atoms with Gasteiger partial charge in [0.1, 0.15) is 0 Å². The van der Waals surface area contributed by atoms with Crippen LogP contribution in [0.2, 0.25) is 0 Å². The van der Waals surface area contributed by atoms with Gasteiger partial charge in [0.05, 0.1) is 5.84 Å². The monoisotopic (exact) mass is 211 g/mol. The van der Waals surface area contributed by atoms with Gasteiger partial charge in [-0.1, -0.05) is 13.3 Å². The number of amidine groups is 1. The predicted molar refractivity (Wildman–Crippen MR) is 65.2 cm³/mol. The summed E-state index contributed by atoms with van der Waals surface area (Å²) in [6, 6.07) is 0. The maximum Gasteiger partial charge on any atom is 0.0905 e. The zero-order chi connectivity index (χ0) is 11.1. The number of unbranched alkanes of at least 4 members (excludes halogenated alkanes) is 1. The summed E-state index contributed by atoms with van der Waals surface area (Å²) in [7, 11) is 0. The second-order valence-corrected chi connectivity index (χ2v) is 4.70. The normalized spacial score (nSPS) is 22.9. The van der Waals surface area contributed by atoms with Gasteiger partial charge in [0, 0.05) is 13.0 Å². The molecule has 1 atom stereocenters. The van der Waals surface area contributed by atoms with Crippen LogP contribution in [0.25, 0.3) is 0 Å². The summed E-state index contributed by atoms with van der Waals surface area (Å²) in [5, 5.41) is 7.14. The molecule has 0 saturated carbocycles. The Morgan fingerprint density at radius 2 is 2.27 bits per heavy atom. The molecule has 3 nitrogen and oxygen atoms in total. The molecule has 0 aromatic carbocycles. The first kappa shape index (κ1) is 12.5. The summed E-state index contributed by atoms with van der Waals surface area (Å²) in [5.41, 5.74) is 5.32. The van der Waals surface area contributed by atoms with Gasteiger partial charge in [-0.15, -0.1) is 0 Å². The van der Waals surface area contributed by atoms with Crippen molar-refractivity contribution in [3.8, 4) is 0 Å². The molecule has 15 heavy (non-hydrogen) atoms. The molecular weight excluding hydrogens is 186 g/mol. The molecule has 3 N–H and O–H groups in total. The molecule has 0 radical (unpaired) electrons. The smallest absolute Gasteiger partial charge is 0.0905 e. The fourth-order valence-electron chi connectivity index (χ4n) is 2.34. The summed E-state index contributed by atoms with van der Waals surface area (Å²) < 4.78 is 0. The van der Waals surface area contributed by atoms with Crippen LogP contribution in [0.3, 0.4) is 0 Å². The lowest BCUT2D eigenvalue weighted by molar-refractivity contribution is 0.169. The zero-order valence-corrected chi connectivity index (χ0v) is 9.97. The standard InChI is InChI=1S/C12H25N3/c1-2-11-6-5-9-15(10-11)8-4-3-7-12(13)14/h11H,2-10H2,1H3,(H3,13,14). The van der Waals surface area contributed by atoms with Gasteiger partial charge in [-0.2, -0.15) is 0 Å². The van der Waals surface area contributed by atoms with Gasteiger partial charge in [-0.25, -0.2) is 0 Å². The predicted octanol–water partition coefficient (Wildman–Crippen LogP) is 2.21. The number of nitrogens with two attached hydrogens (primary N) is 1. The number of likely N-dealkylation sites (tertiary alicyclic amines) is 1. The lowest BCUT2D eigenvalue weighted by Crippen LogP contribution is -2.35. The lowest BCUT2D eigenvalue weighted by Gasteiger charge is -2.32. The molecule has 0 spiro atoms. The molecule has 0 bridgehead atoms. The van der Waals surface area contributed by atoms with E-state index in [0.29, 0.717) is 5.84 Å². The number of piperidine rings is 1. The Morgan fingerprint density at radius 1 is 1.47 bits per heavy atom. The van der Waals surface area contributed by atoms with E-state index in [2.05, 4.69) is 11.8 Å². The van der Waals surface area contributed by atoms with Crippen molar-refractivity contribution >= 4 is 5.84 Å². The van der Waals surface area contributed by atoms with Crippen LogP contribution < -0.4 is 5.73 Å². The van der Waals surface area contributed by atoms with Crippen LogP contribution >= 0.6 is 0 Å². The van der Waals surface area contributed by atoms with E-state index in [-0.39, 0.29) is 0 Å². The molecule has 1 aliphatic rings. The number of rotatable bonds is 6. The Labute approximate surface area is 93.5 Å². The van der Waals surface area contributed by atoms with E-state index in [1.165, 1.54) is 45.3 Å². The average Bonchev–Trinajstić information content (AvgIpc) is 2.24. The highest BCUT2D eigenvalue weighted by Gasteiger charge is 2.17. The highest BCUT2D eigenvalue weighted by molar-refractivity contribution is 5.76. The third-order valence-electron chi connectivity index (χ3n) is 3.35. The van der Waals surface area contributed by atoms with Crippen molar-refractivity contribution in [3.63, 3.8) is 0 Å². The Balaban J connectivity index is 2.07. The van der Waals surface area contributed by atoms with Crippen molar-refractivity contribution in [2.75, 3.05) is 19.6 Å². The van der Waals surface area contributed by atoms with E-state index in [4.69, 9.17) is 11.1 Å². The largest absolute Gasteiger partial charge is 0.388 e. The Morgan fingerprint density at radius 3 is 2.93 bits per heavy atom. The van der Waals surface area contributed by atoms with E-state index >= 15 is 0 Å². The first-order valence-corrected chi connectivity index (χ1v) is 6.27. The van der Waals surface area contributed by atoms with Gasteiger partial charge in [0.2, 0.25) is 0 Å². The molecule has 1 saturated heterocycles. The Kier molecular flexibility index (Phi) is 5.69. The van der Waals surface area contributed by atoms with Crippen molar-refractivity contribution in [3.05, 3.63) is 0 Å². The van der Waals surface area contributed by atoms with Crippen molar-refractivity contribution in [2.45, 2.75) is 45.4 Å². The highest BCUT2D eigenvalue weighted by atomic mass is 15.1. The van der Waals surface area contributed by atoms with Crippen molar-refractivity contribution in [2.24, 2.45) is 11.7 Å². The second kappa shape index (κ2) is 6.83. The highest BCUT2D eigenvalue weighted by Crippen LogP contribution is 2.19. The molecule has 0 aromatic rings. The summed E-state index contributed by atoms with van der Waals surface area (Å²) in [6.07, 6.45) is 7.14. The number of nitrogens with zero attached hydrogens (tertiary/aromatic N) is 1. The Bertz CT molecular complexity index is 191. The van der Waals surface area contributed by atoms with Crippen LogP contribution in [-0.4, -0.2) is 30.4 Å². The van der Waals surface area contributed by atoms with Gasteiger partial charge >= 0.3 is 0 Å². The first-order chi connectivity index (χ1) is 7.22. The summed E-state index contributed by atoms with van der Waals surface area (Å²) >= 11 is 0. The van der Waals surface area contributed by atoms with Crippen LogP contribution in [0.1, 0.15) is 45.4 Å². The van der Waals surface area contributed by atoms with Crippen molar-refractivity contribution in [1.29, 1.82) is 5.41 Å². The molecule has 88 valence electrons. The second-order valence-electron chi connectivity index (χ2n) is 4.70. The van der Waals surface area contributed by atoms with E-state index in [1.54, 1.807) is 0 Å². The number of hydrogen-bond acceptors (Lipinski definition) is 2. The number of hydrogen-bond donors (Lipinski definition) is 2. The molecule has 3 heteroatoms. The molecular formula is C12H25N3. The van der Waals surface area contributed by atoms with Crippen LogP contribution in [0.5, 0.6) is 0 Å². The van der Waals surface area contributed by atoms with Gasteiger partial charge in [-0.05, 0) is 44.7 Å². The minimum absolute atomic E-state index is 0.333. The van der Waals surface area contributed by atoms with Crippen LogP contribution in [0.4, 0.5) is 0 Å². The van der Waals surface area contributed by atoms with Crippen LogP contribution in [-0.2, 0) is 0 Å². The topological polar surface area (TPSA) is 53.1 Å². The Hall–Kier alpha value is -0.570. The van der Waals surface area contributed by atoms with E-state index < -0.39 is 0 Å². The third-order valence-corrected chi connectivity index (χ3v) is 3.35. The third kappa shape index (κ3) is 5.17. The fraction of sp³-hybridized carbons (Fsp3) is 0.917. The van der Waals surface area contributed by atoms with Gasteiger partial charge in [0.15, 0.2) is 0 Å². The molecule has 0 aliphatic carbocycles. The molecule has 1 heterocycles. The quantitative estimate of drug-likeness (QED) is 0.402. The minimum Gasteiger partial charge on any atom is -0.388 e. The summed E-state index contributed by atoms with van der Waals surface area (Å²) in [5.74, 6) is 1.26. The lowest BCUT2D eigenvalue weighted by atomic mass is 9.95. The molecule has 1 rings (SSSR count). The summed E-state index contributed by atoms with van der Waals surface area (Å²) in [6.45, 7) is 6.06. The average molecular weight is 211 g/mol. The molecule has 0 aromatic heterocycles. The molecule has 1 fully saturated rings.